The normalized spacial score (nSPS) is 10.3. The molecule has 0 aliphatic rings. The first-order valence-electron chi connectivity index (χ1n) is 6.50. The van der Waals surface area contributed by atoms with Gasteiger partial charge in [-0.2, -0.15) is 0 Å². The van der Waals surface area contributed by atoms with Crippen LogP contribution in [-0.4, -0.2) is 24.2 Å². The fourth-order valence-corrected chi connectivity index (χ4v) is 2.44. The smallest absolute Gasteiger partial charge is 0.357 e. The number of carbonyl (C=O) groups excluding carboxylic acids is 1. The summed E-state index contributed by atoms with van der Waals surface area (Å²) in [6, 6.07) is 7.89. The highest BCUT2D eigenvalue weighted by atomic mass is 32.1. The number of para-hydroxylation sites is 1. The number of rotatable bonds is 6. The summed E-state index contributed by atoms with van der Waals surface area (Å²) in [4.78, 5) is 15.7. The number of aryl methyl sites for hydroxylation is 1. The van der Waals surface area contributed by atoms with Gasteiger partial charge in [-0.3, -0.25) is 0 Å². The highest BCUT2D eigenvalue weighted by Crippen LogP contribution is 2.17. The summed E-state index contributed by atoms with van der Waals surface area (Å²) in [5, 5.41) is 2.60. The molecule has 106 valence electrons. The lowest BCUT2D eigenvalue weighted by molar-refractivity contribution is 0.0520. The van der Waals surface area contributed by atoms with Crippen molar-refractivity contribution in [3.63, 3.8) is 0 Å². The van der Waals surface area contributed by atoms with E-state index in [2.05, 4.69) is 4.98 Å². The minimum absolute atomic E-state index is 0.363. The van der Waals surface area contributed by atoms with Crippen molar-refractivity contribution in [2.45, 2.75) is 20.3 Å². The van der Waals surface area contributed by atoms with Crippen molar-refractivity contribution in [1.29, 1.82) is 0 Å². The summed E-state index contributed by atoms with van der Waals surface area (Å²) in [5.74, 6) is 0.518. The van der Waals surface area contributed by atoms with Crippen molar-refractivity contribution in [2.75, 3.05) is 13.2 Å². The van der Waals surface area contributed by atoms with E-state index < -0.39 is 0 Å². The van der Waals surface area contributed by atoms with Gasteiger partial charge in [-0.05, 0) is 25.5 Å². The van der Waals surface area contributed by atoms with Gasteiger partial charge in [0.25, 0.3) is 0 Å². The van der Waals surface area contributed by atoms with E-state index in [-0.39, 0.29) is 5.97 Å². The molecule has 0 bridgehead atoms. The molecule has 0 radical (unpaired) electrons. The Balaban J connectivity index is 1.86. The third-order valence-electron chi connectivity index (χ3n) is 2.70. The zero-order valence-electron chi connectivity index (χ0n) is 11.6. The monoisotopic (exact) mass is 291 g/mol. The quantitative estimate of drug-likeness (QED) is 0.767. The van der Waals surface area contributed by atoms with E-state index in [4.69, 9.17) is 9.47 Å². The van der Waals surface area contributed by atoms with E-state index in [1.54, 1.807) is 12.3 Å². The average Bonchev–Trinajstić information content (AvgIpc) is 2.90. The molecule has 0 fully saturated rings. The zero-order valence-corrected chi connectivity index (χ0v) is 12.4. The van der Waals surface area contributed by atoms with Crippen LogP contribution in [0, 0.1) is 6.92 Å². The number of hydrogen-bond donors (Lipinski definition) is 0. The molecule has 0 saturated heterocycles. The maximum absolute atomic E-state index is 11.5. The van der Waals surface area contributed by atoms with Crippen molar-refractivity contribution in [3.8, 4) is 5.75 Å². The van der Waals surface area contributed by atoms with Crippen molar-refractivity contribution >= 4 is 17.3 Å². The van der Waals surface area contributed by atoms with Crippen LogP contribution >= 0.6 is 11.3 Å². The fourth-order valence-electron chi connectivity index (χ4n) is 1.69. The first-order valence-corrected chi connectivity index (χ1v) is 7.38. The third-order valence-corrected chi connectivity index (χ3v) is 3.61. The third kappa shape index (κ3) is 3.81. The molecule has 2 rings (SSSR count). The Bertz CT molecular complexity index is 580. The molecular weight excluding hydrogens is 274 g/mol. The summed E-state index contributed by atoms with van der Waals surface area (Å²) >= 11 is 1.45. The minimum atomic E-state index is -0.366. The number of carbonyl (C=O) groups is 1. The zero-order chi connectivity index (χ0) is 14.4. The second-order valence-corrected chi connectivity index (χ2v) is 5.15. The predicted octanol–water partition coefficient (Wildman–Crippen LogP) is 3.25. The van der Waals surface area contributed by atoms with Gasteiger partial charge in [0, 0.05) is 11.8 Å². The van der Waals surface area contributed by atoms with Gasteiger partial charge in [0.2, 0.25) is 0 Å². The van der Waals surface area contributed by atoms with Crippen molar-refractivity contribution in [3.05, 3.63) is 45.9 Å². The van der Waals surface area contributed by atoms with E-state index in [0.717, 1.165) is 16.3 Å². The van der Waals surface area contributed by atoms with E-state index in [0.29, 0.717) is 25.3 Å². The first-order chi connectivity index (χ1) is 9.70. The Hall–Kier alpha value is -1.88. The highest BCUT2D eigenvalue weighted by Gasteiger charge is 2.11. The summed E-state index contributed by atoms with van der Waals surface area (Å²) in [7, 11) is 0. The van der Waals surface area contributed by atoms with Gasteiger partial charge in [0.15, 0.2) is 5.69 Å². The molecule has 0 spiro atoms. The van der Waals surface area contributed by atoms with Gasteiger partial charge in [0.05, 0.1) is 18.2 Å². The lowest BCUT2D eigenvalue weighted by Crippen LogP contribution is -2.06. The molecule has 5 heteroatoms. The van der Waals surface area contributed by atoms with E-state index in [9.17, 15) is 4.79 Å². The van der Waals surface area contributed by atoms with Gasteiger partial charge >= 0.3 is 5.97 Å². The summed E-state index contributed by atoms with van der Waals surface area (Å²) in [6.07, 6.45) is 0.679. The number of esters is 1. The Morgan fingerprint density at radius 1 is 1.35 bits per heavy atom. The molecule has 1 heterocycles. The van der Waals surface area contributed by atoms with Crippen molar-refractivity contribution in [2.24, 2.45) is 0 Å². The second kappa shape index (κ2) is 7.05. The fraction of sp³-hybridized carbons (Fsp3) is 0.333. The first kappa shape index (κ1) is 14.5. The second-order valence-electron chi connectivity index (χ2n) is 4.21. The average molecular weight is 291 g/mol. The van der Waals surface area contributed by atoms with Crippen LogP contribution in [0.3, 0.4) is 0 Å². The van der Waals surface area contributed by atoms with Crippen LogP contribution < -0.4 is 4.74 Å². The molecule has 0 amide bonds. The predicted molar refractivity (Wildman–Crippen MR) is 78.4 cm³/mol. The molecule has 1 aromatic carbocycles. The molecule has 0 saturated carbocycles. The number of benzene rings is 1. The maximum atomic E-state index is 11.5. The standard InChI is InChI=1S/C15H17NO3S/c1-3-18-15(17)12-10-20-14(16-12)8-9-19-13-7-5-4-6-11(13)2/h4-7,10H,3,8-9H2,1-2H3. The van der Waals surface area contributed by atoms with Crippen LogP contribution in [0.4, 0.5) is 0 Å². The van der Waals surface area contributed by atoms with Crippen LogP contribution in [-0.2, 0) is 11.2 Å². The van der Waals surface area contributed by atoms with E-state index in [1.807, 2.05) is 31.2 Å². The lowest BCUT2D eigenvalue weighted by atomic mass is 10.2. The van der Waals surface area contributed by atoms with Gasteiger partial charge in [0.1, 0.15) is 5.75 Å². The Morgan fingerprint density at radius 3 is 2.90 bits per heavy atom. The highest BCUT2D eigenvalue weighted by molar-refractivity contribution is 7.09. The Labute approximate surface area is 122 Å². The Kier molecular flexibility index (Phi) is 5.12. The van der Waals surface area contributed by atoms with Crippen LogP contribution in [0.25, 0.3) is 0 Å². The topological polar surface area (TPSA) is 48.4 Å². The van der Waals surface area contributed by atoms with E-state index >= 15 is 0 Å². The Morgan fingerprint density at radius 2 is 2.15 bits per heavy atom. The summed E-state index contributed by atoms with van der Waals surface area (Å²) < 4.78 is 10.6. The van der Waals surface area contributed by atoms with Gasteiger partial charge < -0.3 is 9.47 Å². The van der Waals surface area contributed by atoms with Gasteiger partial charge in [-0.15, -0.1) is 11.3 Å². The molecular formula is C15H17NO3S. The summed E-state index contributed by atoms with van der Waals surface area (Å²) in [5.41, 5.74) is 1.49. The van der Waals surface area contributed by atoms with Gasteiger partial charge in [-0.1, -0.05) is 18.2 Å². The maximum Gasteiger partial charge on any atom is 0.357 e. The molecule has 0 unspecified atom stereocenters. The molecule has 4 nitrogen and oxygen atoms in total. The minimum Gasteiger partial charge on any atom is -0.493 e. The largest absolute Gasteiger partial charge is 0.493 e. The molecule has 0 aliphatic heterocycles. The number of hydrogen-bond acceptors (Lipinski definition) is 5. The van der Waals surface area contributed by atoms with E-state index in [1.165, 1.54) is 11.3 Å². The molecule has 2 aromatic rings. The molecule has 20 heavy (non-hydrogen) atoms. The molecule has 0 N–H and O–H groups in total. The van der Waals surface area contributed by atoms with Crippen LogP contribution in [0.1, 0.15) is 28.0 Å². The van der Waals surface area contributed by atoms with Crippen molar-refractivity contribution < 1.29 is 14.3 Å². The summed E-state index contributed by atoms with van der Waals surface area (Å²) in [6.45, 7) is 4.70. The lowest BCUT2D eigenvalue weighted by Gasteiger charge is -2.07. The SMILES string of the molecule is CCOC(=O)c1csc(CCOc2ccccc2C)n1. The molecule has 0 atom stereocenters. The number of aromatic nitrogens is 1. The van der Waals surface area contributed by atoms with Crippen molar-refractivity contribution in [1.82, 2.24) is 4.98 Å². The van der Waals surface area contributed by atoms with Crippen LogP contribution in [0.2, 0.25) is 0 Å². The van der Waals surface area contributed by atoms with Crippen LogP contribution in [0.15, 0.2) is 29.6 Å². The number of nitrogens with zero attached hydrogens (tertiary/aromatic N) is 1. The molecule has 0 aliphatic carbocycles. The number of ether oxygens (including phenoxy) is 2. The van der Waals surface area contributed by atoms with Gasteiger partial charge in [-0.25, -0.2) is 9.78 Å². The number of thiazole rings is 1. The van der Waals surface area contributed by atoms with Crippen LogP contribution in [0.5, 0.6) is 5.75 Å². The molecule has 1 aromatic heterocycles.